The number of amides is 1. The molecule has 0 spiro atoms. The molecule has 1 aromatic heterocycles. The van der Waals surface area contributed by atoms with Crippen LogP contribution in [0, 0.1) is 17.5 Å². The topological polar surface area (TPSA) is 37.3 Å². The molecule has 0 saturated carbocycles. The van der Waals surface area contributed by atoms with E-state index in [9.17, 15) is 18.0 Å². The molecule has 0 unspecified atom stereocenters. The maximum Gasteiger partial charge on any atom is 0.238 e. The van der Waals surface area contributed by atoms with Crippen molar-refractivity contribution < 1.29 is 18.0 Å². The van der Waals surface area contributed by atoms with Gasteiger partial charge < -0.3 is 9.88 Å². The SMILES string of the molecule is Cn1cccc1[C@@H]1CCCN1CC(=O)Nc1ccc(F)c(F)c1F. The highest BCUT2D eigenvalue weighted by Gasteiger charge is 2.29. The Morgan fingerprint density at radius 2 is 2.04 bits per heavy atom. The number of anilines is 1. The number of likely N-dealkylation sites (tertiary alicyclic amines) is 1. The number of hydrogen-bond acceptors (Lipinski definition) is 2. The van der Waals surface area contributed by atoms with Crippen LogP contribution >= 0.6 is 0 Å². The summed E-state index contributed by atoms with van der Waals surface area (Å²) in [7, 11) is 1.95. The first-order valence-electron chi connectivity index (χ1n) is 7.76. The molecule has 0 bridgehead atoms. The first-order chi connectivity index (χ1) is 11.5. The minimum Gasteiger partial charge on any atom is -0.353 e. The highest BCUT2D eigenvalue weighted by molar-refractivity contribution is 5.92. The second kappa shape index (κ2) is 6.68. The largest absolute Gasteiger partial charge is 0.353 e. The number of benzene rings is 1. The van der Waals surface area contributed by atoms with E-state index in [2.05, 4.69) is 5.32 Å². The second-order valence-electron chi connectivity index (χ2n) is 5.94. The Morgan fingerprint density at radius 1 is 1.25 bits per heavy atom. The summed E-state index contributed by atoms with van der Waals surface area (Å²) < 4.78 is 41.8. The number of halogens is 3. The van der Waals surface area contributed by atoms with Crippen LogP contribution in [0.5, 0.6) is 0 Å². The van der Waals surface area contributed by atoms with Crippen molar-refractivity contribution in [3.63, 3.8) is 0 Å². The fourth-order valence-electron chi connectivity index (χ4n) is 3.17. The highest BCUT2D eigenvalue weighted by atomic mass is 19.2. The molecular formula is C17H18F3N3O. The van der Waals surface area contributed by atoms with E-state index in [-0.39, 0.29) is 18.3 Å². The van der Waals surface area contributed by atoms with Gasteiger partial charge in [0.1, 0.15) is 0 Å². The van der Waals surface area contributed by atoms with E-state index in [0.29, 0.717) is 0 Å². The zero-order chi connectivity index (χ0) is 17.3. The van der Waals surface area contributed by atoms with Gasteiger partial charge in [-0.2, -0.15) is 0 Å². The van der Waals surface area contributed by atoms with Crippen LogP contribution in [0.4, 0.5) is 18.9 Å². The molecule has 1 atom stereocenters. The lowest BCUT2D eigenvalue weighted by atomic mass is 10.1. The second-order valence-corrected chi connectivity index (χ2v) is 5.94. The van der Waals surface area contributed by atoms with Crippen LogP contribution in [0.15, 0.2) is 30.5 Å². The molecule has 3 rings (SSSR count). The Hall–Kier alpha value is -2.28. The third-order valence-corrected chi connectivity index (χ3v) is 4.34. The van der Waals surface area contributed by atoms with Crippen LogP contribution in [0.2, 0.25) is 0 Å². The minimum absolute atomic E-state index is 0.0638. The van der Waals surface area contributed by atoms with E-state index < -0.39 is 23.4 Å². The summed E-state index contributed by atoms with van der Waals surface area (Å²) in [4.78, 5) is 14.2. The predicted molar refractivity (Wildman–Crippen MR) is 83.9 cm³/mol. The van der Waals surface area contributed by atoms with Crippen molar-refractivity contribution >= 4 is 11.6 Å². The van der Waals surface area contributed by atoms with Gasteiger partial charge >= 0.3 is 0 Å². The summed E-state index contributed by atoms with van der Waals surface area (Å²) in [6.07, 6.45) is 3.84. The van der Waals surface area contributed by atoms with Crippen LogP contribution in [-0.2, 0) is 11.8 Å². The summed E-state index contributed by atoms with van der Waals surface area (Å²) in [5.41, 5.74) is 0.757. The first kappa shape index (κ1) is 16.6. The molecule has 1 N–H and O–H groups in total. The van der Waals surface area contributed by atoms with Crippen molar-refractivity contribution in [2.75, 3.05) is 18.4 Å². The first-order valence-corrected chi connectivity index (χ1v) is 7.76. The Labute approximate surface area is 137 Å². The van der Waals surface area contributed by atoms with Gasteiger partial charge in [0, 0.05) is 18.9 Å². The van der Waals surface area contributed by atoms with Gasteiger partial charge in [-0.1, -0.05) is 0 Å². The lowest BCUT2D eigenvalue weighted by Gasteiger charge is -2.24. The third kappa shape index (κ3) is 3.17. The summed E-state index contributed by atoms with van der Waals surface area (Å²) in [6.45, 7) is 0.817. The Balaban J connectivity index is 1.69. The van der Waals surface area contributed by atoms with E-state index in [1.165, 1.54) is 0 Å². The van der Waals surface area contributed by atoms with E-state index in [4.69, 9.17) is 0 Å². The van der Waals surface area contributed by atoms with E-state index in [0.717, 1.165) is 37.2 Å². The Kier molecular flexibility index (Phi) is 4.62. The fraction of sp³-hybridized carbons (Fsp3) is 0.353. The molecule has 1 saturated heterocycles. The molecule has 24 heavy (non-hydrogen) atoms. The molecule has 1 fully saturated rings. The van der Waals surface area contributed by atoms with E-state index >= 15 is 0 Å². The number of nitrogens with zero attached hydrogens (tertiary/aromatic N) is 2. The third-order valence-electron chi connectivity index (χ3n) is 4.34. The summed E-state index contributed by atoms with van der Waals surface area (Å²) >= 11 is 0. The normalized spacial score (nSPS) is 18.1. The molecule has 128 valence electrons. The standard InChI is InChI=1S/C17H18F3N3O/c1-22-8-2-4-13(22)14-5-3-9-23(14)10-15(24)21-12-7-6-11(18)16(19)17(12)20/h2,4,6-8,14H,3,5,9-10H2,1H3,(H,21,24)/t14-/m0/s1. The van der Waals surface area contributed by atoms with Gasteiger partial charge in [0.05, 0.1) is 18.3 Å². The van der Waals surface area contributed by atoms with Gasteiger partial charge in [-0.25, -0.2) is 13.2 Å². The molecule has 1 aliphatic heterocycles. The van der Waals surface area contributed by atoms with Crippen LogP contribution in [0.3, 0.4) is 0 Å². The zero-order valence-corrected chi connectivity index (χ0v) is 13.2. The number of carbonyl (C=O) groups is 1. The Morgan fingerprint density at radius 3 is 2.75 bits per heavy atom. The minimum atomic E-state index is -1.59. The molecule has 0 aliphatic carbocycles. The van der Waals surface area contributed by atoms with Crippen molar-refractivity contribution in [1.82, 2.24) is 9.47 Å². The highest BCUT2D eigenvalue weighted by Crippen LogP contribution is 2.31. The molecule has 1 aromatic carbocycles. The summed E-state index contributed by atoms with van der Waals surface area (Å²) in [5, 5.41) is 2.32. The molecule has 2 aromatic rings. The number of hydrogen-bond donors (Lipinski definition) is 1. The Bertz CT molecular complexity index is 760. The van der Waals surface area contributed by atoms with Gasteiger partial charge in [0.15, 0.2) is 17.5 Å². The van der Waals surface area contributed by atoms with Gasteiger partial charge in [-0.3, -0.25) is 9.69 Å². The van der Waals surface area contributed by atoms with Gasteiger partial charge in [0.2, 0.25) is 5.91 Å². The molecule has 0 radical (unpaired) electrons. The molecule has 4 nitrogen and oxygen atoms in total. The van der Waals surface area contributed by atoms with Gasteiger partial charge in [0.25, 0.3) is 0 Å². The van der Waals surface area contributed by atoms with Crippen LogP contribution in [0.1, 0.15) is 24.6 Å². The van der Waals surface area contributed by atoms with E-state index in [1.807, 2.05) is 34.8 Å². The average molecular weight is 337 g/mol. The number of aryl methyl sites for hydroxylation is 1. The monoisotopic (exact) mass is 337 g/mol. The fourth-order valence-corrected chi connectivity index (χ4v) is 3.17. The van der Waals surface area contributed by atoms with Gasteiger partial charge in [-0.05, 0) is 43.7 Å². The quantitative estimate of drug-likeness (QED) is 0.870. The molecule has 1 aliphatic rings. The maximum absolute atomic E-state index is 13.6. The van der Waals surface area contributed by atoms with Crippen molar-refractivity contribution in [2.45, 2.75) is 18.9 Å². The number of carbonyl (C=O) groups excluding carboxylic acids is 1. The molecular weight excluding hydrogens is 319 g/mol. The van der Waals surface area contributed by atoms with Crippen molar-refractivity contribution in [3.05, 3.63) is 53.6 Å². The maximum atomic E-state index is 13.6. The summed E-state index contributed by atoms with van der Waals surface area (Å²) in [5.74, 6) is -4.71. The van der Waals surface area contributed by atoms with Crippen molar-refractivity contribution in [2.24, 2.45) is 7.05 Å². The van der Waals surface area contributed by atoms with Crippen LogP contribution in [-0.4, -0.2) is 28.5 Å². The smallest absolute Gasteiger partial charge is 0.238 e. The number of aromatic nitrogens is 1. The molecule has 7 heteroatoms. The van der Waals surface area contributed by atoms with Crippen LogP contribution < -0.4 is 5.32 Å². The number of rotatable bonds is 4. The van der Waals surface area contributed by atoms with Crippen LogP contribution in [0.25, 0.3) is 0 Å². The molecule has 2 heterocycles. The summed E-state index contributed by atoms with van der Waals surface area (Å²) in [6, 6.07) is 5.88. The lowest BCUT2D eigenvalue weighted by molar-refractivity contribution is -0.117. The number of nitrogens with one attached hydrogen (secondary N) is 1. The predicted octanol–water partition coefficient (Wildman–Crippen LogP) is 3.22. The molecule has 1 amide bonds. The zero-order valence-electron chi connectivity index (χ0n) is 13.2. The van der Waals surface area contributed by atoms with Crippen molar-refractivity contribution in [3.8, 4) is 0 Å². The lowest BCUT2D eigenvalue weighted by Crippen LogP contribution is -2.33. The van der Waals surface area contributed by atoms with Gasteiger partial charge in [-0.15, -0.1) is 0 Å². The average Bonchev–Trinajstić information content (AvgIpc) is 3.16. The van der Waals surface area contributed by atoms with Crippen molar-refractivity contribution in [1.29, 1.82) is 0 Å². The van der Waals surface area contributed by atoms with E-state index in [1.54, 1.807) is 0 Å².